The standard InChI is InChI=1S/C14H26N4O3.ClH/c1-10-11(2)18(9-8-15-10)14(21)5-4-13(20)17-7-6-16-12(3)19;/h10-11,15H,4-9H2,1-3H3,(H,16,19)(H,17,20);1H. The molecular formula is C14H27ClN4O3. The van der Waals surface area contributed by atoms with Gasteiger partial charge in [0, 0.05) is 58.0 Å². The Balaban J connectivity index is 0.00000441. The van der Waals surface area contributed by atoms with E-state index in [1.165, 1.54) is 6.92 Å². The van der Waals surface area contributed by atoms with Gasteiger partial charge in [-0.3, -0.25) is 14.4 Å². The van der Waals surface area contributed by atoms with E-state index in [9.17, 15) is 14.4 Å². The summed E-state index contributed by atoms with van der Waals surface area (Å²) in [6.07, 6.45) is 0.410. The third-order valence-corrected chi connectivity index (χ3v) is 3.74. The van der Waals surface area contributed by atoms with Crippen molar-refractivity contribution in [1.82, 2.24) is 20.9 Å². The number of amides is 3. The molecule has 128 valence electrons. The number of nitrogens with one attached hydrogen (secondary N) is 3. The van der Waals surface area contributed by atoms with E-state index >= 15 is 0 Å². The lowest BCUT2D eigenvalue weighted by Crippen LogP contribution is -2.57. The minimum atomic E-state index is -0.162. The van der Waals surface area contributed by atoms with Crippen LogP contribution in [-0.2, 0) is 14.4 Å². The van der Waals surface area contributed by atoms with Crippen molar-refractivity contribution in [3.8, 4) is 0 Å². The molecule has 0 saturated carbocycles. The van der Waals surface area contributed by atoms with Crippen LogP contribution in [0.2, 0.25) is 0 Å². The van der Waals surface area contributed by atoms with Gasteiger partial charge in [-0.25, -0.2) is 0 Å². The lowest BCUT2D eigenvalue weighted by molar-refractivity contribution is -0.136. The van der Waals surface area contributed by atoms with Crippen molar-refractivity contribution in [3.05, 3.63) is 0 Å². The number of piperazine rings is 1. The monoisotopic (exact) mass is 334 g/mol. The highest BCUT2D eigenvalue weighted by Crippen LogP contribution is 2.11. The summed E-state index contributed by atoms with van der Waals surface area (Å²) in [5.74, 6) is -0.265. The van der Waals surface area contributed by atoms with E-state index in [4.69, 9.17) is 0 Å². The highest BCUT2D eigenvalue weighted by molar-refractivity contribution is 5.85. The Kier molecular flexibility index (Phi) is 9.76. The van der Waals surface area contributed by atoms with Crippen LogP contribution < -0.4 is 16.0 Å². The van der Waals surface area contributed by atoms with Gasteiger partial charge in [0.25, 0.3) is 0 Å². The third-order valence-electron chi connectivity index (χ3n) is 3.74. The SMILES string of the molecule is CC(=O)NCCNC(=O)CCC(=O)N1CCNC(C)C1C.Cl. The van der Waals surface area contributed by atoms with Crippen molar-refractivity contribution in [3.63, 3.8) is 0 Å². The molecule has 0 aliphatic carbocycles. The number of nitrogens with zero attached hydrogens (tertiary/aromatic N) is 1. The van der Waals surface area contributed by atoms with Crippen molar-refractivity contribution in [1.29, 1.82) is 0 Å². The molecule has 1 fully saturated rings. The van der Waals surface area contributed by atoms with Gasteiger partial charge in [-0.05, 0) is 13.8 Å². The first kappa shape index (κ1) is 20.7. The summed E-state index contributed by atoms with van der Waals surface area (Å²) in [4.78, 5) is 36.2. The Morgan fingerprint density at radius 3 is 2.41 bits per heavy atom. The topological polar surface area (TPSA) is 90.5 Å². The van der Waals surface area contributed by atoms with Gasteiger partial charge in [-0.2, -0.15) is 0 Å². The molecule has 0 radical (unpaired) electrons. The number of hydrogen-bond acceptors (Lipinski definition) is 4. The number of carbonyl (C=O) groups excluding carboxylic acids is 3. The summed E-state index contributed by atoms with van der Waals surface area (Å²) in [5.41, 5.74) is 0. The van der Waals surface area contributed by atoms with Gasteiger partial charge in [-0.15, -0.1) is 12.4 Å². The molecule has 0 aromatic carbocycles. The summed E-state index contributed by atoms with van der Waals surface area (Å²) < 4.78 is 0. The zero-order valence-electron chi connectivity index (χ0n) is 13.5. The van der Waals surface area contributed by atoms with Crippen molar-refractivity contribution in [2.75, 3.05) is 26.2 Å². The van der Waals surface area contributed by atoms with Crippen molar-refractivity contribution >= 4 is 30.1 Å². The minimum Gasteiger partial charge on any atom is -0.355 e. The maximum atomic E-state index is 12.1. The molecule has 7 nitrogen and oxygen atoms in total. The van der Waals surface area contributed by atoms with Gasteiger partial charge >= 0.3 is 0 Å². The predicted octanol–water partition coefficient (Wildman–Crippen LogP) is -0.350. The zero-order valence-corrected chi connectivity index (χ0v) is 14.3. The van der Waals surface area contributed by atoms with E-state index in [1.807, 2.05) is 11.8 Å². The summed E-state index contributed by atoms with van der Waals surface area (Å²) >= 11 is 0. The maximum Gasteiger partial charge on any atom is 0.223 e. The molecule has 8 heteroatoms. The lowest BCUT2D eigenvalue weighted by Gasteiger charge is -2.38. The molecule has 1 aliphatic heterocycles. The summed E-state index contributed by atoms with van der Waals surface area (Å²) in [7, 11) is 0. The third kappa shape index (κ3) is 7.09. The Morgan fingerprint density at radius 1 is 1.14 bits per heavy atom. The highest BCUT2D eigenvalue weighted by atomic mass is 35.5. The first-order valence-electron chi connectivity index (χ1n) is 7.45. The molecule has 0 spiro atoms. The normalized spacial score (nSPS) is 20.8. The number of carbonyl (C=O) groups is 3. The average molecular weight is 335 g/mol. The zero-order chi connectivity index (χ0) is 15.8. The molecule has 0 aromatic heterocycles. The van der Waals surface area contributed by atoms with Crippen LogP contribution in [0.4, 0.5) is 0 Å². The van der Waals surface area contributed by atoms with E-state index < -0.39 is 0 Å². The smallest absolute Gasteiger partial charge is 0.223 e. The Morgan fingerprint density at radius 2 is 1.77 bits per heavy atom. The second kappa shape index (κ2) is 10.4. The minimum absolute atomic E-state index is 0. The Labute approximate surface area is 138 Å². The van der Waals surface area contributed by atoms with Gasteiger partial charge in [0.15, 0.2) is 0 Å². The molecule has 3 N–H and O–H groups in total. The summed E-state index contributed by atoms with van der Waals surface area (Å²) in [6.45, 7) is 7.76. The molecule has 2 unspecified atom stereocenters. The lowest BCUT2D eigenvalue weighted by atomic mass is 10.1. The van der Waals surface area contributed by atoms with E-state index in [-0.39, 0.29) is 55.1 Å². The van der Waals surface area contributed by atoms with Crippen LogP contribution in [0.1, 0.15) is 33.6 Å². The molecule has 2 atom stereocenters. The van der Waals surface area contributed by atoms with Gasteiger partial charge < -0.3 is 20.9 Å². The first-order valence-corrected chi connectivity index (χ1v) is 7.45. The van der Waals surface area contributed by atoms with Gasteiger partial charge in [0.2, 0.25) is 17.7 Å². The number of rotatable bonds is 6. The Hall–Kier alpha value is -1.34. The summed E-state index contributed by atoms with van der Waals surface area (Å²) in [5, 5.41) is 8.59. The number of halogens is 1. The molecule has 1 heterocycles. The van der Waals surface area contributed by atoms with Crippen LogP contribution in [0, 0.1) is 0 Å². The average Bonchev–Trinajstić information content (AvgIpc) is 2.43. The second-order valence-electron chi connectivity index (χ2n) is 5.40. The van der Waals surface area contributed by atoms with Crippen LogP contribution in [0.15, 0.2) is 0 Å². The molecule has 1 saturated heterocycles. The fourth-order valence-electron chi connectivity index (χ4n) is 2.30. The molecule has 22 heavy (non-hydrogen) atoms. The van der Waals surface area contributed by atoms with Gasteiger partial charge in [0.05, 0.1) is 0 Å². The van der Waals surface area contributed by atoms with E-state index in [0.29, 0.717) is 19.6 Å². The van der Waals surface area contributed by atoms with E-state index in [2.05, 4.69) is 22.9 Å². The second-order valence-corrected chi connectivity index (χ2v) is 5.40. The fraction of sp³-hybridized carbons (Fsp3) is 0.786. The molecule has 1 aliphatic rings. The Bertz CT molecular complexity index is 392. The molecular weight excluding hydrogens is 308 g/mol. The van der Waals surface area contributed by atoms with Crippen molar-refractivity contribution in [2.24, 2.45) is 0 Å². The highest BCUT2D eigenvalue weighted by Gasteiger charge is 2.27. The van der Waals surface area contributed by atoms with E-state index in [1.54, 1.807) is 0 Å². The van der Waals surface area contributed by atoms with Gasteiger partial charge in [-0.1, -0.05) is 0 Å². The molecule has 0 aromatic rings. The fourth-order valence-corrected chi connectivity index (χ4v) is 2.30. The molecule has 1 rings (SSSR count). The predicted molar refractivity (Wildman–Crippen MR) is 86.8 cm³/mol. The van der Waals surface area contributed by atoms with E-state index in [0.717, 1.165) is 6.54 Å². The maximum absolute atomic E-state index is 12.1. The molecule has 3 amide bonds. The summed E-state index contributed by atoms with van der Waals surface area (Å²) in [6, 6.07) is 0.420. The van der Waals surface area contributed by atoms with Crippen LogP contribution in [0.3, 0.4) is 0 Å². The first-order chi connectivity index (χ1) is 9.91. The molecule has 0 bridgehead atoms. The van der Waals surface area contributed by atoms with Gasteiger partial charge in [0.1, 0.15) is 0 Å². The largest absolute Gasteiger partial charge is 0.355 e. The van der Waals surface area contributed by atoms with Crippen molar-refractivity contribution in [2.45, 2.75) is 45.7 Å². The van der Waals surface area contributed by atoms with Crippen LogP contribution >= 0.6 is 12.4 Å². The van der Waals surface area contributed by atoms with Crippen LogP contribution in [-0.4, -0.2) is 60.9 Å². The van der Waals surface area contributed by atoms with Crippen molar-refractivity contribution < 1.29 is 14.4 Å². The van der Waals surface area contributed by atoms with Crippen LogP contribution in [0.25, 0.3) is 0 Å². The number of hydrogen-bond donors (Lipinski definition) is 3. The van der Waals surface area contributed by atoms with Crippen LogP contribution in [0.5, 0.6) is 0 Å². The quantitative estimate of drug-likeness (QED) is 0.579.